The van der Waals surface area contributed by atoms with Crippen molar-refractivity contribution in [2.24, 2.45) is 5.73 Å². The van der Waals surface area contributed by atoms with Crippen LogP contribution in [0.15, 0.2) is 60.7 Å². The predicted octanol–water partition coefficient (Wildman–Crippen LogP) is 5.16. The number of ether oxygens (including phenoxy) is 1. The third kappa shape index (κ3) is 5.77. The van der Waals surface area contributed by atoms with Crippen molar-refractivity contribution in [3.63, 3.8) is 0 Å². The largest absolute Gasteiger partial charge is 0.487 e. The highest BCUT2D eigenvalue weighted by atomic mass is 16.5. The number of aryl methyl sites for hydroxylation is 2. The van der Waals surface area contributed by atoms with E-state index in [0.717, 1.165) is 37.0 Å². The summed E-state index contributed by atoms with van der Waals surface area (Å²) in [5, 5.41) is 15.3. The van der Waals surface area contributed by atoms with Gasteiger partial charge in [-0.05, 0) is 74.8 Å². The molecule has 6 heteroatoms. The third-order valence-electron chi connectivity index (χ3n) is 8.25. The van der Waals surface area contributed by atoms with Crippen LogP contribution in [0.5, 0.6) is 5.75 Å². The van der Waals surface area contributed by atoms with Gasteiger partial charge < -0.3 is 20.9 Å². The fourth-order valence-electron chi connectivity index (χ4n) is 6.19. The molecule has 4 N–H and O–H groups in total. The molecule has 2 heterocycles. The number of nitrogens with one attached hydrogen (secondary N) is 1. The molecule has 6 nitrogen and oxygen atoms in total. The highest BCUT2D eigenvalue weighted by Crippen LogP contribution is 2.47. The maximum atomic E-state index is 12.0. The Morgan fingerprint density at radius 1 is 1.13 bits per heavy atom. The maximum Gasteiger partial charge on any atom is 0.248 e. The molecule has 1 amide bonds. The first-order chi connectivity index (χ1) is 18.4. The lowest BCUT2D eigenvalue weighted by molar-refractivity contribution is 0.0331. The zero-order valence-electron chi connectivity index (χ0n) is 22.5. The minimum Gasteiger partial charge on any atom is -0.487 e. The van der Waals surface area contributed by atoms with Gasteiger partial charge in [-0.25, -0.2) is 0 Å². The van der Waals surface area contributed by atoms with Gasteiger partial charge in [0.2, 0.25) is 5.91 Å². The number of nitrogens with two attached hydrogens (primary N) is 1. The van der Waals surface area contributed by atoms with Crippen LogP contribution in [0.4, 0.5) is 0 Å². The number of aromatic nitrogens is 1. The van der Waals surface area contributed by atoms with Gasteiger partial charge in [0.1, 0.15) is 11.4 Å². The molecule has 1 aromatic heterocycles. The summed E-state index contributed by atoms with van der Waals surface area (Å²) in [6, 6.07) is 20.2. The van der Waals surface area contributed by atoms with Gasteiger partial charge in [-0.3, -0.25) is 9.78 Å². The summed E-state index contributed by atoms with van der Waals surface area (Å²) in [6.07, 6.45) is 6.28. The molecule has 0 bridgehead atoms. The van der Waals surface area contributed by atoms with Crippen molar-refractivity contribution in [1.82, 2.24) is 10.3 Å². The number of carbonyl (C=O) groups is 1. The number of hydrogen-bond acceptors (Lipinski definition) is 5. The molecule has 1 spiro atoms. The van der Waals surface area contributed by atoms with Crippen LogP contribution < -0.4 is 15.8 Å². The van der Waals surface area contributed by atoms with Crippen molar-refractivity contribution in [2.75, 3.05) is 6.54 Å². The van der Waals surface area contributed by atoms with E-state index in [1.54, 1.807) is 12.1 Å². The zero-order chi connectivity index (χ0) is 26.7. The lowest BCUT2D eigenvalue weighted by Gasteiger charge is -2.41. The summed E-state index contributed by atoms with van der Waals surface area (Å²) in [4.78, 5) is 16.7. The number of aliphatic hydroxyl groups excluding tert-OH is 1. The monoisotopic (exact) mass is 513 g/mol. The molecule has 1 aliphatic heterocycles. The minimum atomic E-state index is -0.717. The van der Waals surface area contributed by atoms with Crippen molar-refractivity contribution in [3.8, 4) is 5.75 Å². The van der Waals surface area contributed by atoms with E-state index in [9.17, 15) is 9.90 Å². The molecule has 38 heavy (non-hydrogen) atoms. The van der Waals surface area contributed by atoms with Crippen LogP contribution in [0.3, 0.4) is 0 Å². The molecule has 2 aliphatic rings. The number of carbonyl (C=O) groups excluding carboxylic acids is 1. The number of benzene rings is 2. The van der Waals surface area contributed by atoms with Crippen molar-refractivity contribution in [3.05, 3.63) is 94.3 Å². The average Bonchev–Trinajstić information content (AvgIpc) is 3.37. The van der Waals surface area contributed by atoms with E-state index >= 15 is 0 Å². The number of aliphatic hydroxyl groups is 1. The highest BCUT2D eigenvalue weighted by molar-refractivity contribution is 5.92. The molecule has 5 rings (SSSR count). The van der Waals surface area contributed by atoms with Gasteiger partial charge in [-0.2, -0.15) is 0 Å². The van der Waals surface area contributed by atoms with Gasteiger partial charge in [0, 0.05) is 47.4 Å². The minimum absolute atomic E-state index is 0.0991. The Morgan fingerprint density at radius 3 is 2.61 bits per heavy atom. The van der Waals surface area contributed by atoms with E-state index in [1.165, 1.54) is 24.0 Å². The molecule has 3 aromatic rings. The number of pyridine rings is 1. The molecule has 1 aliphatic carbocycles. The molecule has 0 radical (unpaired) electrons. The van der Waals surface area contributed by atoms with Gasteiger partial charge in [0.05, 0.1) is 6.10 Å². The standard InChI is InChI=1S/C32H39N3O3/c1-3-22-11-12-30-26(16-22)28(19-32(38-30)13-7-8-14-32)34-20-29(36)25(17-23-9-5-4-6-10-23)27-18-24(31(33)37)15-21(2)35-27/h4-6,9-12,15-16,18,25,28-29,34,36H,3,7-8,13-14,17,19-20H2,1-2H3,(H2,33,37)/t25-,28-,29-/m0/s1. The van der Waals surface area contributed by atoms with Crippen LogP contribution in [0, 0.1) is 6.92 Å². The predicted molar refractivity (Wildman–Crippen MR) is 149 cm³/mol. The van der Waals surface area contributed by atoms with Gasteiger partial charge in [-0.1, -0.05) is 49.4 Å². The van der Waals surface area contributed by atoms with E-state index in [4.69, 9.17) is 15.5 Å². The van der Waals surface area contributed by atoms with Crippen molar-refractivity contribution in [2.45, 2.75) is 82.5 Å². The average molecular weight is 514 g/mol. The number of hydrogen-bond donors (Lipinski definition) is 3. The topological polar surface area (TPSA) is 97.5 Å². The van der Waals surface area contributed by atoms with E-state index in [1.807, 2.05) is 25.1 Å². The van der Waals surface area contributed by atoms with Crippen molar-refractivity contribution < 1.29 is 14.6 Å². The number of primary amides is 1. The fraction of sp³-hybridized carbons (Fsp3) is 0.438. The summed E-state index contributed by atoms with van der Waals surface area (Å²) in [5.41, 5.74) is 10.9. The molecule has 3 atom stereocenters. The fourth-order valence-corrected chi connectivity index (χ4v) is 6.19. The Hall–Kier alpha value is -3.22. The summed E-state index contributed by atoms with van der Waals surface area (Å²) in [5.74, 6) is 0.175. The third-order valence-corrected chi connectivity index (χ3v) is 8.25. The Bertz CT molecular complexity index is 1270. The number of fused-ring (bicyclic) bond motifs is 1. The first-order valence-corrected chi connectivity index (χ1v) is 13.9. The molecule has 200 valence electrons. The Labute approximate surface area is 225 Å². The summed E-state index contributed by atoms with van der Waals surface area (Å²) < 4.78 is 6.61. The Balaban J connectivity index is 1.42. The summed E-state index contributed by atoms with van der Waals surface area (Å²) in [7, 11) is 0. The van der Waals surface area contributed by atoms with Gasteiger partial charge in [-0.15, -0.1) is 0 Å². The van der Waals surface area contributed by atoms with E-state index in [-0.39, 0.29) is 17.6 Å². The lowest BCUT2D eigenvalue weighted by atomic mass is 9.84. The number of rotatable bonds is 9. The molecular formula is C32H39N3O3. The normalized spacial score (nSPS) is 19.5. The van der Waals surface area contributed by atoms with Crippen LogP contribution in [0.25, 0.3) is 0 Å². The molecular weight excluding hydrogens is 474 g/mol. The smallest absolute Gasteiger partial charge is 0.248 e. The summed E-state index contributed by atoms with van der Waals surface area (Å²) in [6.45, 7) is 4.42. The Kier molecular flexibility index (Phi) is 7.82. The van der Waals surface area contributed by atoms with Gasteiger partial charge >= 0.3 is 0 Å². The quantitative estimate of drug-likeness (QED) is 0.367. The summed E-state index contributed by atoms with van der Waals surface area (Å²) >= 11 is 0. The molecule has 0 unspecified atom stereocenters. The first-order valence-electron chi connectivity index (χ1n) is 13.9. The maximum absolute atomic E-state index is 12.0. The Morgan fingerprint density at radius 2 is 1.89 bits per heavy atom. The van der Waals surface area contributed by atoms with Crippen LogP contribution in [0.2, 0.25) is 0 Å². The van der Waals surface area contributed by atoms with Crippen LogP contribution in [0.1, 0.15) is 89.4 Å². The van der Waals surface area contributed by atoms with E-state index < -0.39 is 12.0 Å². The molecule has 1 saturated carbocycles. The van der Waals surface area contributed by atoms with E-state index in [2.05, 4.69) is 42.6 Å². The lowest BCUT2D eigenvalue weighted by Crippen LogP contribution is -2.44. The molecule has 1 fully saturated rings. The highest BCUT2D eigenvalue weighted by Gasteiger charge is 2.43. The first kappa shape index (κ1) is 26.4. The van der Waals surface area contributed by atoms with Crippen LogP contribution >= 0.6 is 0 Å². The SMILES string of the molecule is CCc1ccc2c(c1)[C@@H](NC[C@H](O)[C@@H](Cc1ccccc1)c1cc(C(N)=O)cc(C)n1)CC1(CCCC1)O2. The second kappa shape index (κ2) is 11.3. The van der Waals surface area contributed by atoms with Crippen LogP contribution in [-0.2, 0) is 12.8 Å². The van der Waals surface area contributed by atoms with Crippen LogP contribution in [-0.4, -0.2) is 34.2 Å². The second-order valence-corrected chi connectivity index (χ2v) is 11.0. The van der Waals surface area contributed by atoms with E-state index in [0.29, 0.717) is 29.9 Å². The van der Waals surface area contributed by atoms with Crippen molar-refractivity contribution >= 4 is 5.91 Å². The second-order valence-electron chi connectivity index (χ2n) is 11.0. The number of amides is 1. The van der Waals surface area contributed by atoms with Gasteiger partial charge in [0.15, 0.2) is 0 Å². The van der Waals surface area contributed by atoms with Gasteiger partial charge in [0.25, 0.3) is 0 Å². The zero-order valence-corrected chi connectivity index (χ0v) is 22.5. The molecule has 2 aromatic carbocycles. The number of nitrogens with zero attached hydrogens (tertiary/aromatic N) is 1. The molecule has 0 saturated heterocycles. The van der Waals surface area contributed by atoms with Crippen molar-refractivity contribution in [1.29, 1.82) is 0 Å².